The summed E-state index contributed by atoms with van der Waals surface area (Å²) in [5.74, 6) is -0.648. The first-order chi connectivity index (χ1) is 10.7. The molecule has 4 nitrogen and oxygen atoms in total. The highest BCUT2D eigenvalue weighted by Crippen LogP contribution is 2.36. The predicted octanol–water partition coefficient (Wildman–Crippen LogP) is 2.76. The largest absolute Gasteiger partial charge is 0.379 e. The van der Waals surface area contributed by atoms with Crippen LogP contribution in [0.25, 0.3) is 10.1 Å². The van der Waals surface area contributed by atoms with Crippen LogP contribution in [0.4, 0.5) is 4.39 Å². The molecule has 1 aliphatic rings. The first-order valence-electron chi connectivity index (χ1n) is 7.11. The van der Waals surface area contributed by atoms with E-state index in [-0.39, 0.29) is 10.9 Å². The summed E-state index contributed by atoms with van der Waals surface area (Å²) in [5, 5.41) is 3.37. The van der Waals surface area contributed by atoms with Crippen molar-refractivity contribution in [3.8, 4) is 0 Å². The molecule has 0 atom stereocenters. The number of fused-ring (bicyclic) bond motifs is 1. The van der Waals surface area contributed by atoms with Crippen molar-refractivity contribution in [3.63, 3.8) is 0 Å². The van der Waals surface area contributed by atoms with E-state index in [9.17, 15) is 9.18 Å². The van der Waals surface area contributed by atoms with Crippen LogP contribution in [0.3, 0.4) is 0 Å². The Morgan fingerprint density at radius 1 is 1.41 bits per heavy atom. The summed E-state index contributed by atoms with van der Waals surface area (Å²) < 4.78 is 19.8. The number of hydrogen-bond donors (Lipinski definition) is 1. The molecule has 7 heteroatoms. The zero-order valence-corrected chi connectivity index (χ0v) is 13.5. The Hall–Kier alpha value is -1.21. The van der Waals surface area contributed by atoms with Gasteiger partial charge in [-0.15, -0.1) is 11.3 Å². The Balaban J connectivity index is 1.65. The highest BCUT2D eigenvalue weighted by molar-refractivity contribution is 7.21. The van der Waals surface area contributed by atoms with Crippen LogP contribution in [0, 0.1) is 5.82 Å². The lowest BCUT2D eigenvalue weighted by Crippen LogP contribution is -2.41. The average Bonchev–Trinajstić information content (AvgIpc) is 2.87. The molecule has 0 saturated carbocycles. The van der Waals surface area contributed by atoms with E-state index >= 15 is 0 Å². The number of carbonyl (C=O) groups excluding carboxylic acids is 1. The zero-order chi connectivity index (χ0) is 15.5. The molecule has 2 heterocycles. The minimum absolute atomic E-state index is 0.196. The molecular weight excluding hydrogens is 327 g/mol. The Morgan fingerprint density at radius 2 is 2.18 bits per heavy atom. The van der Waals surface area contributed by atoms with Gasteiger partial charge < -0.3 is 10.1 Å². The number of hydrogen-bond acceptors (Lipinski definition) is 4. The number of ether oxygens (including phenoxy) is 1. The molecule has 0 radical (unpaired) electrons. The fourth-order valence-corrected chi connectivity index (χ4v) is 3.92. The van der Waals surface area contributed by atoms with E-state index in [2.05, 4.69) is 10.2 Å². The van der Waals surface area contributed by atoms with E-state index < -0.39 is 5.82 Å². The van der Waals surface area contributed by atoms with Gasteiger partial charge in [0.1, 0.15) is 10.7 Å². The fourth-order valence-electron chi connectivity index (χ4n) is 2.45. The highest BCUT2D eigenvalue weighted by atomic mass is 35.5. The minimum Gasteiger partial charge on any atom is -0.379 e. The van der Waals surface area contributed by atoms with Gasteiger partial charge in [-0.3, -0.25) is 9.69 Å². The normalized spacial score (nSPS) is 16.1. The monoisotopic (exact) mass is 342 g/mol. The van der Waals surface area contributed by atoms with Gasteiger partial charge in [-0.05, 0) is 12.1 Å². The third-order valence-corrected chi connectivity index (χ3v) is 5.27. The van der Waals surface area contributed by atoms with Gasteiger partial charge in [0.25, 0.3) is 5.91 Å². The lowest BCUT2D eigenvalue weighted by Gasteiger charge is -2.26. The van der Waals surface area contributed by atoms with Crippen molar-refractivity contribution in [3.05, 3.63) is 33.9 Å². The number of nitrogens with zero attached hydrogens (tertiary/aromatic N) is 1. The van der Waals surface area contributed by atoms with Gasteiger partial charge in [0, 0.05) is 36.3 Å². The molecule has 0 spiro atoms. The van der Waals surface area contributed by atoms with Gasteiger partial charge in [0.15, 0.2) is 0 Å². The molecule has 1 N–H and O–H groups in total. The van der Waals surface area contributed by atoms with E-state index in [0.717, 1.165) is 32.8 Å². The lowest BCUT2D eigenvalue weighted by molar-refractivity contribution is 0.0383. The van der Waals surface area contributed by atoms with Crippen LogP contribution >= 0.6 is 22.9 Å². The van der Waals surface area contributed by atoms with Gasteiger partial charge in [-0.25, -0.2) is 4.39 Å². The van der Waals surface area contributed by atoms with Crippen LogP contribution in [0.15, 0.2) is 18.2 Å². The minimum atomic E-state index is -0.397. The number of morpholine rings is 1. The summed E-state index contributed by atoms with van der Waals surface area (Å²) >= 11 is 7.38. The van der Waals surface area contributed by atoms with Crippen molar-refractivity contribution in [1.82, 2.24) is 10.2 Å². The number of amides is 1. The number of thiophene rings is 1. The molecule has 2 aromatic rings. The smallest absolute Gasteiger partial charge is 0.262 e. The summed E-state index contributed by atoms with van der Waals surface area (Å²) in [6.07, 6.45) is 0. The average molecular weight is 343 g/mol. The van der Waals surface area contributed by atoms with Crippen LogP contribution in [0.2, 0.25) is 5.02 Å². The molecule has 1 saturated heterocycles. The molecular formula is C15H16ClFN2O2S. The van der Waals surface area contributed by atoms with Crippen molar-refractivity contribution < 1.29 is 13.9 Å². The summed E-state index contributed by atoms with van der Waals surface area (Å²) in [7, 11) is 0. The molecule has 3 rings (SSSR count). The predicted molar refractivity (Wildman–Crippen MR) is 86.4 cm³/mol. The van der Waals surface area contributed by atoms with Gasteiger partial charge in [0.2, 0.25) is 0 Å². The van der Waals surface area contributed by atoms with E-state index in [4.69, 9.17) is 16.3 Å². The molecule has 1 aromatic carbocycles. The molecule has 1 amide bonds. The van der Waals surface area contributed by atoms with Crippen LogP contribution in [0.5, 0.6) is 0 Å². The maximum atomic E-state index is 13.8. The second kappa shape index (κ2) is 6.91. The maximum Gasteiger partial charge on any atom is 0.262 e. The second-order valence-electron chi connectivity index (χ2n) is 5.07. The Labute approximate surface area is 136 Å². The van der Waals surface area contributed by atoms with E-state index in [1.807, 2.05) is 0 Å². The van der Waals surface area contributed by atoms with E-state index in [1.165, 1.54) is 17.4 Å². The Kier molecular flexibility index (Phi) is 4.93. The first-order valence-corrected chi connectivity index (χ1v) is 8.31. The van der Waals surface area contributed by atoms with Crippen molar-refractivity contribution in [2.75, 3.05) is 39.4 Å². The van der Waals surface area contributed by atoms with Crippen molar-refractivity contribution in [2.24, 2.45) is 0 Å². The van der Waals surface area contributed by atoms with Crippen molar-refractivity contribution in [2.45, 2.75) is 0 Å². The van der Waals surface area contributed by atoms with Crippen molar-refractivity contribution in [1.29, 1.82) is 0 Å². The molecule has 1 aliphatic heterocycles. The summed E-state index contributed by atoms with van der Waals surface area (Å²) in [4.78, 5) is 14.8. The van der Waals surface area contributed by atoms with Crippen LogP contribution in [0.1, 0.15) is 9.67 Å². The molecule has 1 aromatic heterocycles. The summed E-state index contributed by atoms with van der Waals surface area (Å²) in [6, 6.07) is 4.73. The molecule has 0 bridgehead atoms. The Morgan fingerprint density at radius 3 is 2.91 bits per heavy atom. The first kappa shape index (κ1) is 15.7. The van der Waals surface area contributed by atoms with Crippen LogP contribution in [-0.4, -0.2) is 50.2 Å². The number of rotatable bonds is 4. The third kappa shape index (κ3) is 3.25. The quantitative estimate of drug-likeness (QED) is 0.929. The molecule has 118 valence electrons. The van der Waals surface area contributed by atoms with Gasteiger partial charge in [0.05, 0.1) is 18.2 Å². The molecule has 0 unspecified atom stereocenters. The molecule has 22 heavy (non-hydrogen) atoms. The number of carbonyl (C=O) groups is 1. The maximum absolute atomic E-state index is 13.8. The summed E-state index contributed by atoms with van der Waals surface area (Å²) in [6.45, 7) is 4.53. The van der Waals surface area contributed by atoms with Gasteiger partial charge >= 0.3 is 0 Å². The highest BCUT2D eigenvalue weighted by Gasteiger charge is 2.19. The molecule has 0 aliphatic carbocycles. The lowest BCUT2D eigenvalue weighted by atomic mass is 10.2. The number of benzene rings is 1. The Bertz CT molecular complexity index is 685. The van der Waals surface area contributed by atoms with Gasteiger partial charge in [-0.2, -0.15) is 0 Å². The zero-order valence-electron chi connectivity index (χ0n) is 11.9. The van der Waals surface area contributed by atoms with Crippen molar-refractivity contribution >= 4 is 38.9 Å². The van der Waals surface area contributed by atoms with E-state index in [1.54, 1.807) is 12.1 Å². The van der Waals surface area contributed by atoms with E-state index in [0.29, 0.717) is 21.5 Å². The summed E-state index contributed by atoms with van der Waals surface area (Å²) in [5.41, 5.74) is 0. The standard InChI is InChI=1S/C15H16ClFN2O2S/c16-13-12-10(17)2-1-3-11(12)22-14(13)15(20)18-4-5-19-6-8-21-9-7-19/h1-3H,4-9H2,(H,18,20). The van der Waals surface area contributed by atoms with Gasteiger partial charge in [-0.1, -0.05) is 17.7 Å². The number of halogens is 2. The fraction of sp³-hybridized carbons (Fsp3) is 0.400. The third-order valence-electron chi connectivity index (χ3n) is 3.63. The molecule has 1 fully saturated rings. The van der Waals surface area contributed by atoms with Crippen LogP contribution < -0.4 is 5.32 Å². The number of nitrogens with one attached hydrogen (secondary N) is 1. The topological polar surface area (TPSA) is 41.6 Å². The van der Waals surface area contributed by atoms with Crippen LogP contribution in [-0.2, 0) is 4.74 Å². The SMILES string of the molecule is O=C(NCCN1CCOCC1)c1sc2cccc(F)c2c1Cl. The second-order valence-corrected chi connectivity index (χ2v) is 6.50.